The summed E-state index contributed by atoms with van der Waals surface area (Å²) < 4.78 is 0. The van der Waals surface area contributed by atoms with E-state index in [1.54, 1.807) is 4.90 Å². The van der Waals surface area contributed by atoms with E-state index in [4.69, 9.17) is 5.11 Å². The minimum absolute atomic E-state index is 0.0151. The lowest BCUT2D eigenvalue weighted by molar-refractivity contribution is -0.148. The Morgan fingerprint density at radius 1 is 1.24 bits per heavy atom. The lowest BCUT2D eigenvalue weighted by atomic mass is 9.99. The van der Waals surface area contributed by atoms with E-state index in [0.29, 0.717) is 19.5 Å². The van der Waals surface area contributed by atoms with Gasteiger partial charge in [0.1, 0.15) is 0 Å². The Kier molecular flexibility index (Phi) is 5.75. The Bertz CT molecular complexity index is 474. The van der Waals surface area contributed by atoms with Crippen LogP contribution in [0.2, 0.25) is 0 Å². The van der Waals surface area contributed by atoms with E-state index in [1.807, 2.05) is 30.3 Å². The third-order valence-electron chi connectivity index (χ3n) is 3.84. The van der Waals surface area contributed by atoms with Gasteiger partial charge in [-0.05, 0) is 31.2 Å². The van der Waals surface area contributed by atoms with Gasteiger partial charge in [-0.1, -0.05) is 30.3 Å². The second kappa shape index (κ2) is 7.78. The summed E-state index contributed by atoms with van der Waals surface area (Å²) in [4.78, 5) is 25.8. The summed E-state index contributed by atoms with van der Waals surface area (Å²) in [6.45, 7) is 0.992. The predicted molar refractivity (Wildman–Crippen MR) is 79.3 cm³/mol. The quantitative estimate of drug-likeness (QED) is 0.815. The first-order valence-corrected chi connectivity index (χ1v) is 7.46. The first-order valence-electron chi connectivity index (χ1n) is 7.46. The molecule has 1 aliphatic heterocycles. The minimum atomic E-state index is -0.566. The van der Waals surface area contributed by atoms with Crippen LogP contribution in [0, 0.1) is 0 Å². The van der Waals surface area contributed by atoms with Crippen molar-refractivity contribution in [3.8, 4) is 0 Å². The average molecular weight is 290 g/mol. The first kappa shape index (κ1) is 15.5. The van der Waals surface area contributed by atoms with Gasteiger partial charge in [-0.2, -0.15) is 0 Å². The van der Waals surface area contributed by atoms with E-state index in [9.17, 15) is 9.59 Å². The van der Waals surface area contributed by atoms with Gasteiger partial charge in [0.25, 0.3) is 0 Å². The molecule has 1 aliphatic rings. The summed E-state index contributed by atoms with van der Waals surface area (Å²) in [6, 6.07) is 9.49. The highest BCUT2D eigenvalue weighted by atomic mass is 16.3. The van der Waals surface area contributed by atoms with Crippen molar-refractivity contribution < 1.29 is 14.7 Å². The van der Waals surface area contributed by atoms with E-state index in [0.717, 1.165) is 24.8 Å². The van der Waals surface area contributed by atoms with Crippen molar-refractivity contribution in [2.45, 2.75) is 38.3 Å². The van der Waals surface area contributed by atoms with Crippen LogP contribution < -0.4 is 5.32 Å². The zero-order valence-electron chi connectivity index (χ0n) is 12.1. The number of aliphatic hydroxyl groups is 1. The Labute approximate surface area is 125 Å². The fraction of sp³-hybridized carbons (Fsp3) is 0.500. The van der Waals surface area contributed by atoms with Crippen molar-refractivity contribution in [2.24, 2.45) is 0 Å². The monoisotopic (exact) mass is 290 g/mol. The summed E-state index contributed by atoms with van der Waals surface area (Å²) in [5, 5.41) is 11.7. The van der Waals surface area contributed by atoms with Crippen molar-refractivity contribution in [3.05, 3.63) is 35.9 Å². The van der Waals surface area contributed by atoms with Gasteiger partial charge in [-0.15, -0.1) is 0 Å². The standard InChI is InChI=1S/C16H22N2O3/c19-11-9-14-8-4-5-10-18(14)16(21)15(20)17-12-13-6-2-1-3-7-13/h1-3,6-7,14,19H,4-5,8-12H2,(H,17,20). The van der Waals surface area contributed by atoms with Gasteiger partial charge in [-0.3, -0.25) is 9.59 Å². The Morgan fingerprint density at radius 3 is 2.71 bits per heavy atom. The second-order valence-corrected chi connectivity index (χ2v) is 5.33. The maximum Gasteiger partial charge on any atom is 0.312 e. The largest absolute Gasteiger partial charge is 0.396 e. The Balaban J connectivity index is 1.90. The number of piperidine rings is 1. The Morgan fingerprint density at radius 2 is 2.00 bits per heavy atom. The van der Waals surface area contributed by atoms with E-state index < -0.39 is 11.8 Å². The maximum atomic E-state index is 12.2. The fourth-order valence-electron chi connectivity index (χ4n) is 2.70. The van der Waals surface area contributed by atoms with Crippen LogP contribution in [-0.2, 0) is 16.1 Å². The van der Waals surface area contributed by atoms with Crippen LogP contribution in [0.5, 0.6) is 0 Å². The first-order chi connectivity index (χ1) is 10.2. The summed E-state index contributed by atoms with van der Waals surface area (Å²) in [5.74, 6) is -1.05. The Hall–Kier alpha value is -1.88. The lowest BCUT2D eigenvalue weighted by Gasteiger charge is -2.35. The highest BCUT2D eigenvalue weighted by Crippen LogP contribution is 2.19. The summed E-state index contributed by atoms with van der Waals surface area (Å²) in [5.41, 5.74) is 0.962. The zero-order chi connectivity index (χ0) is 15.1. The molecule has 0 saturated carbocycles. The second-order valence-electron chi connectivity index (χ2n) is 5.33. The molecule has 114 valence electrons. The molecule has 1 atom stereocenters. The molecule has 1 fully saturated rings. The predicted octanol–water partition coefficient (Wildman–Crippen LogP) is 1.07. The molecule has 21 heavy (non-hydrogen) atoms. The van der Waals surface area contributed by atoms with Gasteiger partial charge in [-0.25, -0.2) is 0 Å². The number of benzene rings is 1. The topological polar surface area (TPSA) is 69.6 Å². The molecule has 0 radical (unpaired) electrons. The van der Waals surface area contributed by atoms with Gasteiger partial charge in [0.15, 0.2) is 0 Å². The lowest BCUT2D eigenvalue weighted by Crippen LogP contribution is -2.50. The van der Waals surface area contributed by atoms with E-state index >= 15 is 0 Å². The number of likely N-dealkylation sites (tertiary alicyclic amines) is 1. The molecule has 0 bridgehead atoms. The van der Waals surface area contributed by atoms with Crippen LogP contribution in [0.25, 0.3) is 0 Å². The van der Waals surface area contributed by atoms with Crippen LogP contribution in [-0.4, -0.2) is 41.0 Å². The summed E-state index contributed by atoms with van der Waals surface area (Å²) in [7, 11) is 0. The molecular formula is C16H22N2O3. The SMILES string of the molecule is O=C(NCc1ccccc1)C(=O)N1CCCCC1CCO. The molecule has 1 aromatic rings. The van der Waals surface area contributed by atoms with Gasteiger partial charge < -0.3 is 15.3 Å². The van der Waals surface area contributed by atoms with Crippen LogP contribution in [0.4, 0.5) is 0 Å². The molecule has 1 saturated heterocycles. The number of rotatable bonds is 4. The number of nitrogens with one attached hydrogen (secondary N) is 1. The number of amides is 2. The number of carbonyl (C=O) groups is 2. The van der Waals surface area contributed by atoms with Gasteiger partial charge >= 0.3 is 11.8 Å². The third kappa shape index (κ3) is 4.29. The van der Waals surface area contributed by atoms with E-state index in [1.165, 1.54) is 0 Å². The van der Waals surface area contributed by atoms with Gasteiger partial charge in [0.2, 0.25) is 0 Å². The number of hydrogen-bond donors (Lipinski definition) is 2. The number of aliphatic hydroxyl groups excluding tert-OH is 1. The molecule has 2 N–H and O–H groups in total. The van der Waals surface area contributed by atoms with E-state index in [-0.39, 0.29) is 12.6 Å². The fourth-order valence-corrected chi connectivity index (χ4v) is 2.70. The normalized spacial score (nSPS) is 18.3. The smallest absolute Gasteiger partial charge is 0.312 e. The molecule has 0 spiro atoms. The van der Waals surface area contributed by atoms with Crippen LogP contribution in [0.15, 0.2) is 30.3 Å². The van der Waals surface area contributed by atoms with Crippen molar-refractivity contribution in [2.75, 3.05) is 13.2 Å². The molecule has 1 heterocycles. The third-order valence-corrected chi connectivity index (χ3v) is 3.84. The number of carbonyl (C=O) groups excluding carboxylic acids is 2. The molecule has 2 amide bonds. The van der Waals surface area contributed by atoms with Gasteiger partial charge in [0, 0.05) is 25.7 Å². The van der Waals surface area contributed by atoms with Crippen LogP contribution in [0.3, 0.4) is 0 Å². The summed E-state index contributed by atoms with van der Waals surface area (Å²) >= 11 is 0. The van der Waals surface area contributed by atoms with Crippen LogP contribution in [0.1, 0.15) is 31.2 Å². The van der Waals surface area contributed by atoms with E-state index in [2.05, 4.69) is 5.32 Å². The molecule has 0 aromatic heterocycles. The zero-order valence-corrected chi connectivity index (χ0v) is 12.1. The molecule has 1 aromatic carbocycles. The highest BCUT2D eigenvalue weighted by Gasteiger charge is 2.30. The maximum absolute atomic E-state index is 12.2. The molecule has 5 nitrogen and oxygen atoms in total. The van der Waals surface area contributed by atoms with Crippen molar-refractivity contribution in [3.63, 3.8) is 0 Å². The molecule has 5 heteroatoms. The average Bonchev–Trinajstić information content (AvgIpc) is 2.54. The van der Waals surface area contributed by atoms with Crippen molar-refractivity contribution >= 4 is 11.8 Å². The molecule has 2 rings (SSSR count). The molecular weight excluding hydrogens is 268 g/mol. The van der Waals surface area contributed by atoms with Crippen molar-refractivity contribution in [1.82, 2.24) is 10.2 Å². The molecule has 1 unspecified atom stereocenters. The van der Waals surface area contributed by atoms with Crippen molar-refractivity contribution in [1.29, 1.82) is 0 Å². The highest BCUT2D eigenvalue weighted by molar-refractivity contribution is 6.35. The number of nitrogens with zero attached hydrogens (tertiary/aromatic N) is 1. The van der Waals surface area contributed by atoms with Crippen LogP contribution >= 0.6 is 0 Å². The number of hydrogen-bond acceptors (Lipinski definition) is 3. The van der Waals surface area contributed by atoms with Gasteiger partial charge in [0.05, 0.1) is 0 Å². The summed E-state index contributed by atoms with van der Waals surface area (Å²) in [6.07, 6.45) is 3.36. The minimum Gasteiger partial charge on any atom is -0.396 e. The molecule has 0 aliphatic carbocycles.